The highest BCUT2D eigenvalue weighted by molar-refractivity contribution is 9.10. The summed E-state index contributed by atoms with van der Waals surface area (Å²) in [5.41, 5.74) is 0.191. The van der Waals surface area contributed by atoms with Crippen LogP contribution >= 0.6 is 15.9 Å². The maximum atomic E-state index is 12.5. The molecule has 0 atom stereocenters. The van der Waals surface area contributed by atoms with E-state index in [4.69, 9.17) is 4.74 Å². The van der Waals surface area contributed by atoms with Crippen molar-refractivity contribution in [3.05, 3.63) is 81.2 Å². The number of hydrogen-bond donors (Lipinski definition) is 1. The predicted octanol–water partition coefficient (Wildman–Crippen LogP) is 3.99. The van der Waals surface area contributed by atoms with Gasteiger partial charge in [0, 0.05) is 10.8 Å². The van der Waals surface area contributed by atoms with Crippen LogP contribution in [0.25, 0.3) is 21.5 Å². The first-order valence-corrected chi connectivity index (χ1v) is 8.77. The summed E-state index contributed by atoms with van der Waals surface area (Å²) in [4.78, 5) is 24.4. The van der Waals surface area contributed by atoms with E-state index in [1.807, 2.05) is 36.4 Å². The molecule has 0 unspecified atom stereocenters. The zero-order chi connectivity index (χ0) is 18.1. The minimum Gasteiger partial charge on any atom is -0.424 e. The fourth-order valence-electron chi connectivity index (χ4n) is 2.91. The molecule has 3 aromatic carbocycles. The minimum atomic E-state index is -0.452. The molecule has 128 valence electrons. The molecular formula is C20H13BrN2O3. The predicted molar refractivity (Wildman–Crippen MR) is 103 cm³/mol. The Labute approximate surface area is 156 Å². The van der Waals surface area contributed by atoms with Gasteiger partial charge in [0.25, 0.3) is 5.56 Å². The lowest BCUT2D eigenvalue weighted by Gasteiger charge is -2.10. The van der Waals surface area contributed by atoms with Gasteiger partial charge in [-0.25, -0.2) is 5.10 Å². The number of aromatic nitrogens is 2. The van der Waals surface area contributed by atoms with E-state index in [1.54, 1.807) is 24.3 Å². The van der Waals surface area contributed by atoms with Gasteiger partial charge in [-0.15, -0.1) is 0 Å². The van der Waals surface area contributed by atoms with Crippen molar-refractivity contribution in [2.45, 2.75) is 6.42 Å². The Morgan fingerprint density at radius 2 is 1.65 bits per heavy atom. The van der Waals surface area contributed by atoms with Gasteiger partial charge in [-0.1, -0.05) is 48.5 Å². The van der Waals surface area contributed by atoms with Crippen molar-refractivity contribution in [2.24, 2.45) is 0 Å². The van der Waals surface area contributed by atoms with E-state index in [0.29, 0.717) is 26.7 Å². The fraction of sp³-hybridized carbons (Fsp3) is 0.0500. The van der Waals surface area contributed by atoms with Crippen LogP contribution in [0.15, 0.2) is 69.9 Å². The third-order valence-electron chi connectivity index (χ3n) is 4.13. The zero-order valence-electron chi connectivity index (χ0n) is 13.5. The number of H-pyrrole nitrogens is 1. The molecule has 26 heavy (non-hydrogen) atoms. The summed E-state index contributed by atoms with van der Waals surface area (Å²) in [5, 5.41) is 9.41. The molecule has 1 N–H and O–H groups in total. The topological polar surface area (TPSA) is 72.0 Å². The molecule has 0 aliphatic carbocycles. The number of ether oxygens (including phenoxy) is 1. The molecule has 6 heteroatoms. The molecule has 0 aliphatic heterocycles. The second-order valence-corrected chi connectivity index (χ2v) is 6.65. The van der Waals surface area contributed by atoms with Crippen LogP contribution in [-0.4, -0.2) is 16.2 Å². The lowest BCUT2D eigenvalue weighted by Crippen LogP contribution is -2.17. The Morgan fingerprint density at radius 3 is 2.46 bits per heavy atom. The maximum Gasteiger partial charge on any atom is 0.317 e. The Morgan fingerprint density at radius 1 is 0.962 bits per heavy atom. The molecule has 0 saturated heterocycles. The van der Waals surface area contributed by atoms with Crippen molar-refractivity contribution in [1.82, 2.24) is 10.2 Å². The molecular weight excluding hydrogens is 396 g/mol. The van der Waals surface area contributed by atoms with Crippen molar-refractivity contribution in [1.29, 1.82) is 0 Å². The van der Waals surface area contributed by atoms with E-state index in [1.165, 1.54) is 0 Å². The standard InChI is InChI=1S/C20H13BrN2O3/c21-16-10-9-12-5-1-2-6-13(12)19(16)26-18(24)11-17-14-7-3-4-8-15(14)20(25)23-22-17/h1-10H,11H2,(H,23,25). The van der Waals surface area contributed by atoms with Gasteiger partial charge in [-0.3, -0.25) is 9.59 Å². The highest BCUT2D eigenvalue weighted by atomic mass is 79.9. The van der Waals surface area contributed by atoms with E-state index < -0.39 is 5.97 Å². The van der Waals surface area contributed by atoms with Gasteiger partial charge in [-0.05, 0) is 33.4 Å². The first-order valence-electron chi connectivity index (χ1n) is 7.98. The Bertz CT molecular complexity index is 1200. The first-order chi connectivity index (χ1) is 12.6. The van der Waals surface area contributed by atoms with Gasteiger partial charge in [0.15, 0.2) is 5.75 Å². The number of carbonyl (C=O) groups is 1. The summed E-state index contributed by atoms with van der Waals surface area (Å²) < 4.78 is 6.32. The number of aromatic amines is 1. The summed E-state index contributed by atoms with van der Waals surface area (Å²) in [5.74, 6) is 0.0218. The highest BCUT2D eigenvalue weighted by Crippen LogP contribution is 2.34. The molecule has 1 heterocycles. The van der Waals surface area contributed by atoms with Gasteiger partial charge in [0.1, 0.15) is 0 Å². The normalized spacial score (nSPS) is 11.0. The van der Waals surface area contributed by atoms with Gasteiger partial charge < -0.3 is 4.74 Å². The average molecular weight is 409 g/mol. The number of fused-ring (bicyclic) bond motifs is 2. The molecule has 0 amide bonds. The van der Waals surface area contributed by atoms with Crippen LogP contribution in [0, 0.1) is 0 Å². The van der Waals surface area contributed by atoms with Gasteiger partial charge >= 0.3 is 5.97 Å². The van der Waals surface area contributed by atoms with Crippen LogP contribution in [0.1, 0.15) is 5.69 Å². The van der Waals surface area contributed by atoms with E-state index in [9.17, 15) is 9.59 Å². The molecule has 0 fully saturated rings. The second-order valence-electron chi connectivity index (χ2n) is 5.79. The molecule has 1 aromatic heterocycles. The second kappa shape index (κ2) is 6.72. The quantitative estimate of drug-likeness (QED) is 0.410. The maximum absolute atomic E-state index is 12.5. The molecule has 0 aliphatic rings. The van der Waals surface area contributed by atoms with E-state index in [0.717, 1.165) is 10.8 Å². The van der Waals surface area contributed by atoms with Gasteiger partial charge in [0.05, 0.1) is 22.0 Å². The smallest absolute Gasteiger partial charge is 0.317 e. The molecule has 4 rings (SSSR count). The van der Waals surface area contributed by atoms with Crippen molar-refractivity contribution in [2.75, 3.05) is 0 Å². The van der Waals surface area contributed by atoms with Crippen LogP contribution in [-0.2, 0) is 11.2 Å². The number of esters is 1. The molecule has 4 aromatic rings. The Kier molecular flexibility index (Phi) is 4.26. The van der Waals surface area contributed by atoms with Crippen LogP contribution in [0.3, 0.4) is 0 Å². The number of hydrogen-bond acceptors (Lipinski definition) is 4. The van der Waals surface area contributed by atoms with Crippen molar-refractivity contribution >= 4 is 43.4 Å². The van der Waals surface area contributed by atoms with Crippen LogP contribution in [0.4, 0.5) is 0 Å². The Hall–Kier alpha value is -2.99. The minimum absolute atomic E-state index is 0.0487. The summed E-state index contributed by atoms with van der Waals surface area (Å²) in [7, 11) is 0. The van der Waals surface area contributed by atoms with E-state index in [2.05, 4.69) is 26.1 Å². The van der Waals surface area contributed by atoms with Crippen molar-refractivity contribution < 1.29 is 9.53 Å². The Balaban J connectivity index is 1.68. The number of benzene rings is 3. The third-order valence-corrected chi connectivity index (χ3v) is 4.76. The monoisotopic (exact) mass is 408 g/mol. The van der Waals surface area contributed by atoms with E-state index in [-0.39, 0.29) is 12.0 Å². The first kappa shape index (κ1) is 16.5. The van der Waals surface area contributed by atoms with Crippen LogP contribution in [0.5, 0.6) is 5.75 Å². The third kappa shape index (κ3) is 2.99. The number of halogens is 1. The molecule has 0 saturated carbocycles. The number of carbonyl (C=O) groups excluding carboxylic acids is 1. The summed E-state index contributed by atoms with van der Waals surface area (Å²) in [6.45, 7) is 0. The molecule has 0 radical (unpaired) electrons. The lowest BCUT2D eigenvalue weighted by molar-refractivity contribution is -0.133. The molecule has 0 spiro atoms. The van der Waals surface area contributed by atoms with Gasteiger partial charge in [0.2, 0.25) is 0 Å². The number of nitrogens with zero attached hydrogens (tertiary/aromatic N) is 1. The average Bonchev–Trinajstić information content (AvgIpc) is 2.67. The molecule has 5 nitrogen and oxygen atoms in total. The van der Waals surface area contributed by atoms with Gasteiger partial charge in [-0.2, -0.15) is 5.10 Å². The highest BCUT2D eigenvalue weighted by Gasteiger charge is 2.15. The SMILES string of the molecule is O=C(Cc1n[nH]c(=O)c2ccccc12)Oc1c(Br)ccc2ccccc12. The summed E-state index contributed by atoms with van der Waals surface area (Å²) in [6.07, 6.45) is -0.0487. The number of nitrogens with one attached hydrogen (secondary N) is 1. The largest absolute Gasteiger partial charge is 0.424 e. The zero-order valence-corrected chi connectivity index (χ0v) is 15.1. The van der Waals surface area contributed by atoms with Crippen LogP contribution in [0.2, 0.25) is 0 Å². The fourth-order valence-corrected chi connectivity index (χ4v) is 3.34. The lowest BCUT2D eigenvalue weighted by atomic mass is 10.1. The van der Waals surface area contributed by atoms with Crippen molar-refractivity contribution in [3.63, 3.8) is 0 Å². The summed E-state index contributed by atoms with van der Waals surface area (Å²) in [6, 6.07) is 18.5. The summed E-state index contributed by atoms with van der Waals surface area (Å²) >= 11 is 3.44. The van der Waals surface area contributed by atoms with Crippen molar-refractivity contribution in [3.8, 4) is 5.75 Å². The van der Waals surface area contributed by atoms with Crippen LogP contribution < -0.4 is 10.3 Å². The number of rotatable bonds is 3. The molecule has 0 bridgehead atoms. The van der Waals surface area contributed by atoms with E-state index >= 15 is 0 Å².